The summed E-state index contributed by atoms with van der Waals surface area (Å²) >= 11 is 0. The first-order valence-corrected chi connectivity index (χ1v) is 6.11. The monoisotopic (exact) mass is 218 g/mol. The Morgan fingerprint density at radius 2 is 1.60 bits per heavy atom. The Hall–Kier alpha value is -0.120. The van der Waals surface area contributed by atoms with E-state index in [9.17, 15) is 10.2 Å². The minimum atomic E-state index is -1.58. The van der Waals surface area contributed by atoms with Crippen molar-refractivity contribution in [2.24, 2.45) is 0 Å². The van der Waals surface area contributed by atoms with E-state index in [0.29, 0.717) is 12.8 Å². The first-order valence-electron chi connectivity index (χ1n) is 6.11. The highest BCUT2D eigenvalue weighted by Gasteiger charge is 2.22. The van der Waals surface area contributed by atoms with Crippen molar-refractivity contribution in [2.45, 2.75) is 77.1 Å². The largest absolute Gasteiger partial charge is 0.393 e. The highest BCUT2D eigenvalue weighted by molar-refractivity contribution is 4.66. The van der Waals surface area contributed by atoms with Gasteiger partial charge >= 0.3 is 0 Å². The van der Waals surface area contributed by atoms with Crippen LogP contribution >= 0.6 is 0 Å². The molecule has 3 nitrogen and oxygen atoms in total. The first kappa shape index (κ1) is 14.9. The lowest BCUT2D eigenvalue weighted by Gasteiger charge is -2.22. The SMILES string of the molecule is CCCCCCCC(O)(O)CCC(C)O. The quantitative estimate of drug-likeness (QED) is 0.410. The van der Waals surface area contributed by atoms with Gasteiger partial charge in [-0.15, -0.1) is 0 Å². The molecule has 1 unspecified atom stereocenters. The molecule has 0 radical (unpaired) electrons. The summed E-state index contributed by atoms with van der Waals surface area (Å²) in [6.45, 7) is 3.82. The molecule has 0 fully saturated rings. The van der Waals surface area contributed by atoms with E-state index >= 15 is 0 Å². The zero-order valence-electron chi connectivity index (χ0n) is 10.1. The number of unbranched alkanes of at least 4 members (excludes halogenated alkanes) is 4. The van der Waals surface area contributed by atoms with Gasteiger partial charge in [0.15, 0.2) is 5.79 Å². The van der Waals surface area contributed by atoms with Crippen molar-refractivity contribution in [1.82, 2.24) is 0 Å². The molecule has 0 saturated heterocycles. The number of aliphatic hydroxyl groups is 3. The molecule has 0 saturated carbocycles. The van der Waals surface area contributed by atoms with Gasteiger partial charge in [0.25, 0.3) is 0 Å². The number of hydrogen-bond donors (Lipinski definition) is 3. The van der Waals surface area contributed by atoms with E-state index in [0.717, 1.165) is 12.8 Å². The second-order valence-corrected chi connectivity index (χ2v) is 4.53. The Morgan fingerprint density at radius 1 is 1.00 bits per heavy atom. The molecule has 0 aliphatic rings. The third kappa shape index (κ3) is 10.2. The molecule has 0 aromatic heterocycles. The van der Waals surface area contributed by atoms with E-state index in [-0.39, 0.29) is 6.42 Å². The van der Waals surface area contributed by atoms with Crippen LogP contribution in [0.5, 0.6) is 0 Å². The topological polar surface area (TPSA) is 60.7 Å². The summed E-state index contributed by atoms with van der Waals surface area (Å²) in [5, 5.41) is 28.2. The molecule has 0 aromatic rings. The molecule has 0 aliphatic carbocycles. The lowest BCUT2D eigenvalue weighted by atomic mass is 10.0. The summed E-state index contributed by atoms with van der Waals surface area (Å²) in [6, 6.07) is 0. The maximum atomic E-state index is 9.56. The van der Waals surface area contributed by atoms with Crippen LogP contribution in [0.2, 0.25) is 0 Å². The summed E-state index contributed by atoms with van der Waals surface area (Å²) in [5.41, 5.74) is 0. The van der Waals surface area contributed by atoms with E-state index < -0.39 is 11.9 Å². The zero-order valence-corrected chi connectivity index (χ0v) is 10.1. The van der Waals surface area contributed by atoms with Crippen molar-refractivity contribution in [3.63, 3.8) is 0 Å². The Balaban J connectivity index is 3.46. The smallest absolute Gasteiger partial charge is 0.162 e. The van der Waals surface area contributed by atoms with Crippen molar-refractivity contribution in [1.29, 1.82) is 0 Å². The predicted molar refractivity (Wildman–Crippen MR) is 61.5 cm³/mol. The highest BCUT2D eigenvalue weighted by Crippen LogP contribution is 2.19. The van der Waals surface area contributed by atoms with E-state index in [1.54, 1.807) is 6.92 Å². The van der Waals surface area contributed by atoms with Gasteiger partial charge in [0, 0.05) is 12.8 Å². The minimum Gasteiger partial charge on any atom is -0.393 e. The second kappa shape index (κ2) is 8.08. The van der Waals surface area contributed by atoms with Gasteiger partial charge in [0.05, 0.1) is 6.10 Å². The summed E-state index contributed by atoms with van der Waals surface area (Å²) in [5.74, 6) is -1.58. The van der Waals surface area contributed by atoms with Crippen LogP contribution < -0.4 is 0 Å². The van der Waals surface area contributed by atoms with Crippen LogP contribution in [0.4, 0.5) is 0 Å². The normalized spacial score (nSPS) is 14.2. The number of aliphatic hydroxyl groups excluding tert-OH is 1. The van der Waals surface area contributed by atoms with Crippen molar-refractivity contribution >= 4 is 0 Å². The molecule has 0 spiro atoms. The molecule has 15 heavy (non-hydrogen) atoms. The van der Waals surface area contributed by atoms with Crippen LogP contribution in [0.3, 0.4) is 0 Å². The minimum absolute atomic E-state index is 0.262. The Labute approximate surface area is 93.1 Å². The van der Waals surface area contributed by atoms with E-state index in [2.05, 4.69) is 6.92 Å². The standard InChI is InChI=1S/C12H26O3/c1-3-4-5-6-7-9-12(14,15)10-8-11(2)13/h11,13-15H,3-10H2,1-2H3. The summed E-state index contributed by atoms with van der Waals surface area (Å²) in [7, 11) is 0. The van der Waals surface area contributed by atoms with Gasteiger partial charge in [-0.05, 0) is 19.8 Å². The van der Waals surface area contributed by atoms with Gasteiger partial charge < -0.3 is 15.3 Å². The van der Waals surface area contributed by atoms with E-state index in [4.69, 9.17) is 5.11 Å². The second-order valence-electron chi connectivity index (χ2n) is 4.53. The average Bonchev–Trinajstić information content (AvgIpc) is 2.15. The summed E-state index contributed by atoms with van der Waals surface area (Å²) < 4.78 is 0. The van der Waals surface area contributed by atoms with Crippen LogP contribution in [0.15, 0.2) is 0 Å². The molecule has 0 bridgehead atoms. The third-order valence-electron chi connectivity index (χ3n) is 2.64. The molecule has 0 heterocycles. The summed E-state index contributed by atoms with van der Waals surface area (Å²) in [6.07, 6.45) is 6.18. The van der Waals surface area contributed by atoms with Crippen molar-refractivity contribution in [2.75, 3.05) is 0 Å². The maximum absolute atomic E-state index is 9.56. The number of hydrogen-bond acceptors (Lipinski definition) is 3. The van der Waals surface area contributed by atoms with Crippen LogP contribution in [0, 0.1) is 0 Å². The molecule has 0 rings (SSSR count). The average molecular weight is 218 g/mol. The molecule has 0 aliphatic heterocycles. The number of rotatable bonds is 9. The summed E-state index contributed by atoms with van der Waals surface area (Å²) in [4.78, 5) is 0. The fourth-order valence-electron chi connectivity index (χ4n) is 1.58. The predicted octanol–water partition coefficient (Wildman–Crippen LogP) is 2.19. The van der Waals surface area contributed by atoms with E-state index in [1.807, 2.05) is 0 Å². The lowest BCUT2D eigenvalue weighted by molar-refractivity contribution is -0.174. The molecule has 0 amide bonds. The Morgan fingerprint density at radius 3 is 2.13 bits per heavy atom. The van der Waals surface area contributed by atoms with E-state index in [1.165, 1.54) is 19.3 Å². The van der Waals surface area contributed by atoms with Crippen LogP contribution in [0.25, 0.3) is 0 Å². The lowest BCUT2D eigenvalue weighted by Crippen LogP contribution is -2.29. The fraction of sp³-hybridized carbons (Fsp3) is 1.00. The fourth-order valence-corrected chi connectivity index (χ4v) is 1.58. The maximum Gasteiger partial charge on any atom is 0.162 e. The van der Waals surface area contributed by atoms with Gasteiger partial charge in [0.2, 0.25) is 0 Å². The zero-order chi connectivity index (χ0) is 11.7. The highest BCUT2D eigenvalue weighted by atomic mass is 16.5. The van der Waals surface area contributed by atoms with Gasteiger partial charge in [-0.3, -0.25) is 0 Å². The van der Waals surface area contributed by atoms with Gasteiger partial charge in [-0.1, -0.05) is 32.6 Å². The molecular weight excluding hydrogens is 192 g/mol. The molecule has 0 aromatic carbocycles. The van der Waals surface area contributed by atoms with Crippen LogP contribution in [0.1, 0.15) is 65.2 Å². The van der Waals surface area contributed by atoms with Crippen LogP contribution in [-0.2, 0) is 0 Å². The molecule has 3 N–H and O–H groups in total. The Bertz CT molecular complexity index is 144. The first-order chi connectivity index (χ1) is 6.98. The van der Waals surface area contributed by atoms with Gasteiger partial charge in [-0.2, -0.15) is 0 Å². The van der Waals surface area contributed by atoms with Crippen LogP contribution in [-0.4, -0.2) is 27.2 Å². The third-order valence-corrected chi connectivity index (χ3v) is 2.64. The molecular formula is C12H26O3. The van der Waals surface area contributed by atoms with Crippen molar-refractivity contribution < 1.29 is 15.3 Å². The van der Waals surface area contributed by atoms with Crippen molar-refractivity contribution in [3.8, 4) is 0 Å². The Kier molecular flexibility index (Phi) is 8.02. The van der Waals surface area contributed by atoms with Crippen molar-refractivity contribution in [3.05, 3.63) is 0 Å². The molecule has 3 heteroatoms. The van der Waals surface area contributed by atoms with Gasteiger partial charge in [0.1, 0.15) is 0 Å². The molecule has 1 atom stereocenters. The molecule has 92 valence electrons. The van der Waals surface area contributed by atoms with Gasteiger partial charge in [-0.25, -0.2) is 0 Å².